The average molecular weight is 742 g/mol. The summed E-state index contributed by atoms with van der Waals surface area (Å²) in [6.45, 7) is 0. The molecule has 12 rings (SSSR count). The molecule has 0 spiro atoms. The summed E-state index contributed by atoms with van der Waals surface area (Å²) in [5.74, 6) is 1.95. The fourth-order valence-electron chi connectivity index (χ4n) is 9.20. The molecule has 0 aliphatic heterocycles. The molecule has 0 fully saturated rings. The Bertz CT molecular complexity index is 3310. The van der Waals surface area contributed by atoms with Gasteiger partial charge in [-0.15, -0.1) is 0 Å². The highest BCUT2D eigenvalue weighted by atomic mass is 15.1. The van der Waals surface area contributed by atoms with Crippen molar-refractivity contribution in [1.29, 1.82) is 0 Å². The van der Waals surface area contributed by atoms with Gasteiger partial charge < -0.3 is 9.13 Å². The van der Waals surface area contributed by atoms with Crippen LogP contribution in [0.2, 0.25) is 0 Å². The molecule has 272 valence electrons. The summed E-state index contributed by atoms with van der Waals surface area (Å²) in [7, 11) is 0. The maximum atomic E-state index is 4.97. The van der Waals surface area contributed by atoms with Crippen LogP contribution in [0.5, 0.6) is 0 Å². The maximum absolute atomic E-state index is 4.97. The van der Waals surface area contributed by atoms with Crippen molar-refractivity contribution in [2.75, 3.05) is 0 Å². The van der Waals surface area contributed by atoms with Gasteiger partial charge in [-0.05, 0) is 77.6 Å². The first-order valence-electron chi connectivity index (χ1n) is 19.9. The number of rotatable bonds is 6. The average Bonchev–Trinajstić information content (AvgIpc) is 3.83. The fraction of sp³-hybridized carbons (Fsp3) is 0.0377. The number of aromatic nitrogens is 5. The third kappa shape index (κ3) is 5.07. The quantitative estimate of drug-likeness (QED) is 0.170. The van der Waals surface area contributed by atoms with Crippen molar-refractivity contribution in [3.05, 3.63) is 199 Å². The predicted octanol–water partition coefficient (Wildman–Crippen LogP) is 12.8. The van der Waals surface area contributed by atoms with Gasteiger partial charge in [0, 0.05) is 49.6 Å². The first-order chi connectivity index (χ1) is 28.8. The van der Waals surface area contributed by atoms with E-state index in [2.05, 4.69) is 137 Å². The number of hydrogen-bond donors (Lipinski definition) is 0. The second-order valence-electron chi connectivity index (χ2n) is 15.2. The van der Waals surface area contributed by atoms with Crippen LogP contribution in [0.4, 0.5) is 0 Å². The first-order valence-corrected chi connectivity index (χ1v) is 19.9. The van der Waals surface area contributed by atoms with E-state index in [9.17, 15) is 0 Å². The molecule has 11 aromatic rings. The lowest BCUT2D eigenvalue weighted by molar-refractivity contribution is 0.971. The normalized spacial score (nSPS) is 12.3. The zero-order chi connectivity index (χ0) is 38.2. The van der Waals surface area contributed by atoms with E-state index in [0.717, 1.165) is 46.3 Å². The van der Waals surface area contributed by atoms with Gasteiger partial charge in [-0.2, -0.15) is 0 Å². The molecule has 3 aromatic heterocycles. The number of para-hydroxylation sites is 2. The number of nitrogens with zero attached hydrogens (tertiary/aromatic N) is 5. The van der Waals surface area contributed by atoms with Gasteiger partial charge in [0.1, 0.15) is 0 Å². The van der Waals surface area contributed by atoms with Crippen molar-refractivity contribution in [1.82, 2.24) is 24.1 Å². The molecule has 0 radical (unpaired) electrons. The standard InChI is InChI=1S/C53H35N5/c1-4-14-36(15-5-1)51-54-52(37-16-6-2-7-17-37)56-53(55-51)38-29-26-34(27-30-38)39-19-12-22-42(32-39)58-45-24-11-10-23-43(45)44-33-40-31-28-35-18-13-25-46-47(35)48(40)50(49(44)58)57(46)41-20-8-3-9-21-41/h1-27,29-30,32-33H,28,31H2. The van der Waals surface area contributed by atoms with Gasteiger partial charge in [0.2, 0.25) is 0 Å². The lowest BCUT2D eigenvalue weighted by Crippen LogP contribution is -2.01. The minimum absolute atomic E-state index is 0.645. The van der Waals surface area contributed by atoms with Gasteiger partial charge in [0.05, 0.1) is 22.1 Å². The molecule has 8 aromatic carbocycles. The number of hydrogen-bond acceptors (Lipinski definition) is 3. The maximum Gasteiger partial charge on any atom is 0.164 e. The molecule has 1 aliphatic rings. The Morgan fingerprint density at radius 2 is 0.845 bits per heavy atom. The number of aryl methyl sites for hydroxylation is 2. The Balaban J connectivity index is 1.03. The molecular formula is C53H35N5. The summed E-state index contributed by atoms with van der Waals surface area (Å²) in [5, 5.41) is 5.33. The van der Waals surface area contributed by atoms with E-state index in [1.54, 1.807) is 0 Å². The van der Waals surface area contributed by atoms with Crippen molar-refractivity contribution in [3.63, 3.8) is 0 Å². The molecule has 5 heteroatoms. The van der Waals surface area contributed by atoms with Crippen molar-refractivity contribution >= 4 is 43.6 Å². The van der Waals surface area contributed by atoms with Crippen LogP contribution in [0.15, 0.2) is 188 Å². The minimum Gasteiger partial charge on any atom is -0.307 e. The minimum atomic E-state index is 0.645. The monoisotopic (exact) mass is 741 g/mol. The third-order valence-electron chi connectivity index (χ3n) is 11.8. The lowest BCUT2D eigenvalue weighted by atomic mass is 9.90. The van der Waals surface area contributed by atoms with E-state index in [-0.39, 0.29) is 0 Å². The zero-order valence-corrected chi connectivity index (χ0v) is 31.5. The topological polar surface area (TPSA) is 48.5 Å². The molecule has 58 heavy (non-hydrogen) atoms. The van der Waals surface area contributed by atoms with Crippen LogP contribution < -0.4 is 0 Å². The Hall–Kier alpha value is -7.63. The van der Waals surface area contributed by atoms with Crippen molar-refractivity contribution in [3.8, 4) is 56.7 Å². The van der Waals surface area contributed by atoms with Crippen molar-refractivity contribution < 1.29 is 0 Å². The lowest BCUT2D eigenvalue weighted by Gasteiger charge is -2.16. The molecule has 0 atom stereocenters. The van der Waals surface area contributed by atoms with E-state index in [0.29, 0.717) is 17.5 Å². The number of fused-ring (bicyclic) bond motifs is 4. The molecule has 0 N–H and O–H groups in total. The summed E-state index contributed by atoms with van der Waals surface area (Å²) in [4.78, 5) is 14.8. The predicted molar refractivity (Wildman–Crippen MR) is 238 cm³/mol. The van der Waals surface area contributed by atoms with Gasteiger partial charge in [-0.25, -0.2) is 15.0 Å². The Labute approximate surface area is 335 Å². The Morgan fingerprint density at radius 1 is 0.328 bits per heavy atom. The van der Waals surface area contributed by atoms with Crippen molar-refractivity contribution in [2.45, 2.75) is 12.8 Å². The first kappa shape index (κ1) is 32.6. The summed E-state index contributed by atoms with van der Waals surface area (Å²) >= 11 is 0. The van der Waals surface area contributed by atoms with E-state index in [1.807, 2.05) is 60.7 Å². The summed E-state index contributed by atoms with van der Waals surface area (Å²) in [6, 6.07) is 66.9. The molecule has 0 saturated carbocycles. The molecule has 0 unspecified atom stereocenters. The summed E-state index contributed by atoms with van der Waals surface area (Å²) < 4.78 is 5.01. The van der Waals surface area contributed by atoms with E-state index >= 15 is 0 Å². The molecule has 0 bridgehead atoms. The van der Waals surface area contributed by atoms with Crippen LogP contribution >= 0.6 is 0 Å². The van der Waals surface area contributed by atoms with Crippen LogP contribution in [-0.4, -0.2) is 24.1 Å². The highest BCUT2D eigenvalue weighted by Gasteiger charge is 2.27. The zero-order valence-electron chi connectivity index (χ0n) is 31.5. The van der Waals surface area contributed by atoms with E-state index < -0.39 is 0 Å². The Kier molecular flexibility index (Phi) is 7.29. The smallest absolute Gasteiger partial charge is 0.164 e. The van der Waals surface area contributed by atoms with Gasteiger partial charge in [-0.3, -0.25) is 0 Å². The Morgan fingerprint density at radius 3 is 1.55 bits per heavy atom. The third-order valence-corrected chi connectivity index (χ3v) is 11.8. The van der Waals surface area contributed by atoms with Gasteiger partial charge in [0.15, 0.2) is 17.5 Å². The van der Waals surface area contributed by atoms with Crippen LogP contribution in [0.1, 0.15) is 11.1 Å². The molecule has 0 saturated heterocycles. The second kappa shape index (κ2) is 13.0. The van der Waals surface area contributed by atoms with Gasteiger partial charge in [0.25, 0.3) is 0 Å². The van der Waals surface area contributed by atoms with Crippen molar-refractivity contribution in [2.24, 2.45) is 0 Å². The molecule has 0 amide bonds. The van der Waals surface area contributed by atoms with Gasteiger partial charge in [-0.1, -0.05) is 146 Å². The highest BCUT2D eigenvalue weighted by Crippen LogP contribution is 2.46. The van der Waals surface area contributed by atoms with Crippen LogP contribution in [-0.2, 0) is 12.8 Å². The van der Waals surface area contributed by atoms with E-state index in [4.69, 9.17) is 15.0 Å². The summed E-state index contributed by atoms with van der Waals surface area (Å²) in [6.07, 6.45) is 2.09. The van der Waals surface area contributed by atoms with Crippen LogP contribution in [0.3, 0.4) is 0 Å². The molecular weight excluding hydrogens is 707 g/mol. The fourth-order valence-corrected chi connectivity index (χ4v) is 9.20. The molecule has 3 heterocycles. The molecule has 5 nitrogen and oxygen atoms in total. The SMILES string of the molecule is c1ccc(-c2nc(-c3ccccc3)nc(-c3ccc(-c4cccc(-n5c6ccccc6c6cc7c8c9c(cccc9n(-c9ccccc9)c8c65)CC7)c4)cc3)n2)cc1. The summed E-state index contributed by atoms with van der Waals surface area (Å²) in [5.41, 5.74) is 15.3. The van der Waals surface area contributed by atoms with Crippen LogP contribution in [0.25, 0.3) is 100 Å². The van der Waals surface area contributed by atoms with E-state index in [1.165, 1.54) is 60.4 Å². The number of benzene rings is 8. The van der Waals surface area contributed by atoms with Crippen LogP contribution in [0, 0.1) is 0 Å². The van der Waals surface area contributed by atoms with Gasteiger partial charge >= 0.3 is 0 Å². The second-order valence-corrected chi connectivity index (χ2v) is 15.2. The largest absolute Gasteiger partial charge is 0.307 e. The highest BCUT2D eigenvalue weighted by molar-refractivity contribution is 6.26. The molecule has 1 aliphatic carbocycles.